The summed E-state index contributed by atoms with van der Waals surface area (Å²) >= 11 is 0. The van der Waals surface area contributed by atoms with E-state index in [0.717, 1.165) is 19.4 Å². The van der Waals surface area contributed by atoms with E-state index >= 15 is 0 Å². The number of carbonyl (C=O) groups is 2. The summed E-state index contributed by atoms with van der Waals surface area (Å²) in [4.78, 5) is 24.5. The number of amides is 2. The van der Waals surface area contributed by atoms with Crippen LogP contribution in [0.5, 0.6) is 0 Å². The summed E-state index contributed by atoms with van der Waals surface area (Å²) in [7, 11) is 0. The van der Waals surface area contributed by atoms with Crippen molar-refractivity contribution in [2.45, 2.75) is 33.1 Å². The van der Waals surface area contributed by atoms with Crippen LogP contribution in [0.15, 0.2) is 11.8 Å². The fraction of sp³-hybridized carbons (Fsp3) is 0.667. The summed E-state index contributed by atoms with van der Waals surface area (Å²) in [6, 6.07) is 1.80. The molecule has 3 N–H and O–H groups in total. The Balaban J connectivity index is 4.24. The molecule has 0 heterocycles. The molecule has 0 aromatic rings. The molecule has 0 aliphatic carbocycles. The van der Waals surface area contributed by atoms with Gasteiger partial charge >= 0.3 is 0 Å². The van der Waals surface area contributed by atoms with Crippen molar-refractivity contribution in [3.05, 3.63) is 11.8 Å². The van der Waals surface area contributed by atoms with E-state index in [0.29, 0.717) is 19.6 Å². The van der Waals surface area contributed by atoms with Gasteiger partial charge in [0.1, 0.15) is 11.6 Å². The number of hydrogen-bond acceptors (Lipinski definition) is 5. The number of rotatable bonds is 11. The summed E-state index contributed by atoms with van der Waals surface area (Å²) < 4.78 is 5.37. The lowest BCUT2D eigenvalue weighted by Crippen LogP contribution is -2.32. The van der Waals surface area contributed by atoms with Crippen LogP contribution in [-0.2, 0) is 14.3 Å². The average Bonchev–Trinajstić information content (AvgIpc) is 2.50. The molecule has 0 aromatic heterocycles. The number of carbonyl (C=O) groups excluding carboxylic acids is 2. The molecule has 0 radical (unpaired) electrons. The van der Waals surface area contributed by atoms with Crippen molar-refractivity contribution in [3.8, 4) is 6.07 Å². The number of nitrogens with zero attached hydrogens (tertiary/aromatic N) is 2. The van der Waals surface area contributed by atoms with Crippen molar-refractivity contribution in [2.24, 2.45) is 5.73 Å². The molecule has 7 heteroatoms. The maximum absolute atomic E-state index is 11.9. The molecule has 2 amide bonds. The first-order valence-electron chi connectivity index (χ1n) is 7.51. The van der Waals surface area contributed by atoms with Gasteiger partial charge in [-0.2, -0.15) is 5.26 Å². The van der Waals surface area contributed by atoms with E-state index in [1.165, 1.54) is 18.0 Å². The summed E-state index contributed by atoms with van der Waals surface area (Å²) in [5, 5.41) is 11.7. The molecule has 0 fully saturated rings. The van der Waals surface area contributed by atoms with E-state index in [4.69, 9.17) is 15.7 Å². The number of nitriles is 1. The second kappa shape index (κ2) is 12.8. The summed E-state index contributed by atoms with van der Waals surface area (Å²) in [5.41, 5.74) is 5.27. The van der Waals surface area contributed by atoms with Crippen LogP contribution < -0.4 is 11.1 Å². The first kappa shape index (κ1) is 20.1. The van der Waals surface area contributed by atoms with Crippen molar-refractivity contribution in [3.63, 3.8) is 0 Å². The Morgan fingerprint density at radius 1 is 1.36 bits per heavy atom. The van der Waals surface area contributed by atoms with Gasteiger partial charge in [-0.25, -0.2) is 0 Å². The molecule has 0 saturated heterocycles. The Bertz CT molecular complexity index is 416. The van der Waals surface area contributed by atoms with Gasteiger partial charge in [0, 0.05) is 46.0 Å². The highest BCUT2D eigenvalue weighted by Gasteiger charge is 2.12. The highest BCUT2D eigenvalue weighted by Crippen LogP contribution is 1.99. The van der Waals surface area contributed by atoms with Gasteiger partial charge in [-0.1, -0.05) is 13.3 Å². The van der Waals surface area contributed by atoms with Crippen LogP contribution in [0.1, 0.15) is 33.1 Å². The standard InChI is InChI=1S/C15H26N4O3/c1-3-4-9-22-10-5-7-18-15(21)14(11-17)12-19(8-6-16)13(2)20/h12H,3-10,16H2,1-2H3,(H,18,21)/b14-12-. The third-order valence-corrected chi connectivity index (χ3v) is 2.82. The van der Waals surface area contributed by atoms with Gasteiger partial charge in [-0.15, -0.1) is 0 Å². The first-order chi connectivity index (χ1) is 10.6. The van der Waals surface area contributed by atoms with Crippen molar-refractivity contribution in [1.82, 2.24) is 10.2 Å². The lowest BCUT2D eigenvalue weighted by molar-refractivity contribution is -0.126. The van der Waals surface area contributed by atoms with Gasteiger partial charge in [-0.3, -0.25) is 9.59 Å². The second-order valence-corrected chi connectivity index (χ2v) is 4.73. The van der Waals surface area contributed by atoms with E-state index in [1.54, 1.807) is 6.07 Å². The van der Waals surface area contributed by atoms with Gasteiger partial charge in [0.2, 0.25) is 5.91 Å². The zero-order valence-electron chi connectivity index (χ0n) is 13.4. The molecule has 124 valence electrons. The molecular formula is C15H26N4O3. The maximum Gasteiger partial charge on any atom is 0.263 e. The number of unbranched alkanes of at least 4 members (excludes halogenated alkanes) is 1. The van der Waals surface area contributed by atoms with Gasteiger partial charge in [0.15, 0.2) is 0 Å². The minimum atomic E-state index is -0.501. The zero-order chi connectivity index (χ0) is 16.8. The number of nitrogens with one attached hydrogen (secondary N) is 1. The Kier molecular flexibility index (Phi) is 11.7. The Morgan fingerprint density at radius 2 is 2.05 bits per heavy atom. The minimum absolute atomic E-state index is 0.115. The number of ether oxygens (including phenoxy) is 1. The predicted octanol–water partition coefficient (Wildman–Crippen LogP) is 0.524. The molecule has 0 unspecified atom stereocenters. The normalized spacial score (nSPS) is 10.9. The van der Waals surface area contributed by atoms with Crippen LogP contribution in [0.2, 0.25) is 0 Å². The third kappa shape index (κ3) is 9.10. The molecule has 7 nitrogen and oxygen atoms in total. The van der Waals surface area contributed by atoms with Crippen LogP contribution in [-0.4, -0.2) is 49.6 Å². The molecule has 0 aromatic carbocycles. The second-order valence-electron chi connectivity index (χ2n) is 4.73. The van der Waals surface area contributed by atoms with Crippen LogP contribution in [0.25, 0.3) is 0 Å². The van der Waals surface area contributed by atoms with Gasteiger partial charge in [-0.05, 0) is 12.8 Å². The van der Waals surface area contributed by atoms with Crippen LogP contribution in [0.3, 0.4) is 0 Å². The smallest absolute Gasteiger partial charge is 0.263 e. The largest absolute Gasteiger partial charge is 0.381 e. The molecule has 0 aliphatic heterocycles. The number of nitrogens with two attached hydrogens (primary N) is 1. The average molecular weight is 310 g/mol. The SMILES string of the molecule is CCCCOCCCNC(=O)/C(C#N)=C\N(CCN)C(C)=O. The fourth-order valence-electron chi connectivity index (χ4n) is 1.57. The van der Waals surface area contributed by atoms with Gasteiger partial charge in [0.25, 0.3) is 5.91 Å². The van der Waals surface area contributed by atoms with Gasteiger partial charge < -0.3 is 20.7 Å². The molecule has 0 rings (SSSR count). The van der Waals surface area contributed by atoms with Gasteiger partial charge in [0.05, 0.1) is 0 Å². The fourth-order valence-corrected chi connectivity index (χ4v) is 1.57. The predicted molar refractivity (Wildman–Crippen MR) is 83.5 cm³/mol. The molecule has 0 atom stereocenters. The monoisotopic (exact) mass is 310 g/mol. The van der Waals surface area contributed by atoms with E-state index < -0.39 is 5.91 Å². The summed E-state index contributed by atoms with van der Waals surface area (Å²) in [6.07, 6.45) is 4.02. The van der Waals surface area contributed by atoms with Crippen LogP contribution in [0.4, 0.5) is 0 Å². The van der Waals surface area contributed by atoms with Crippen molar-refractivity contribution >= 4 is 11.8 Å². The molecular weight excluding hydrogens is 284 g/mol. The minimum Gasteiger partial charge on any atom is -0.381 e. The lowest BCUT2D eigenvalue weighted by atomic mass is 10.2. The van der Waals surface area contributed by atoms with Crippen LogP contribution >= 0.6 is 0 Å². The highest BCUT2D eigenvalue weighted by atomic mass is 16.5. The van der Waals surface area contributed by atoms with Crippen molar-refractivity contribution < 1.29 is 14.3 Å². The highest BCUT2D eigenvalue weighted by molar-refractivity contribution is 5.97. The molecule has 0 bridgehead atoms. The van der Waals surface area contributed by atoms with E-state index in [9.17, 15) is 9.59 Å². The molecule has 0 aliphatic rings. The quantitative estimate of drug-likeness (QED) is 0.328. The van der Waals surface area contributed by atoms with Crippen molar-refractivity contribution in [1.29, 1.82) is 5.26 Å². The molecule has 22 heavy (non-hydrogen) atoms. The molecule has 0 saturated carbocycles. The topological polar surface area (TPSA) is 108 Å². The Hall–Kier alpha value is -1.91. The van der Waals surface area contributed by atoms with E-state index in [1.807, 2.05) is 0 Å². The zero-order valence-corrected chi connectivity index (χ0v) is 13.4. The van der Waals surface area contributed by atoms with E-state index in [-0.39, 0.29) is 24.6 Å². The number of hydrogen-bond donors (Lipinski definition) is 2. The third-order valence-electron chi connectivity index (χ3n) is 2.82. The van der Waals surface area contributed by atoms with E-state index in [2.05, 4.69) is 12.2 Å². The summed E-state index contributed by atoms with van der Waals surface area (Å²) in [5.74, 6) is -0.769. The Labute approximate surface area is 132 Å². The van der Waals surface area contributed by atoms with Crippen LogP contribution in [0, 0.1) is 11.3 Å². The Morgan fingerprint density at radius 3 is 2.59 bits per heavy atom. The first-order valence-corrected chi connectivity index (χ1v) is 7.51. The summed E-state index contributed by atoms with van der Waals surface area (Å²) in [6.45, 7) is 5.67. The molecule has 0 spiro atoms. The van der Waals surface area contributed by atoms with Crippen molar-refractivity contribution in [2.75, 3.05) is 32.8 Å². The lowest BCUT2D eigenvalue weighted by Gasteiger charge is -2.15. The maximum atomic E-state index is 11.9.